The third-order valence-electron chi connectivity index (χ3n) is 2.34. The number of hydrogen-bond donors (Lipinski definition) is 1. The third-order valence-corrected chi connectivity index (χ3v) is 2.34. The van der Waals surface area contributed by atoms with Crippen LogP contribution >= 0.6 is 0 Å². The second-order valence-electron chi connectivity index (χ2n) is 4.11. The number of carbonyl (C=O) groups is 1. The number of aromatic amines is 1. The van der Waals surface area contributed by atoms with Gasteiger partial charge in [-0.2, -0.15) is 0 Å². The van der Waals surface area contributed by atoms with Crippen molar-refractivity contribution in [1.82, 2.24) is 9.88 Å². The highest BCUT2D eigenvalue weighted by molar-refractivity contribution is 5.91. The molecule has 0 unspecified atom stereocenters. The van der Waals surface area contributed by atoms with Crippen molar-refractivity contribution in [3.63, 3.8) is 0 Å². The van der Waals surface area contributed by atoms with Crippen LogP contribution in [0.2, 0.25) is 0 Å². The number of nitrogens with one attached hydrogen (secondary N) is 1. The van der Waals surface area contributed by atoms with Crippen LogP contribution in [0.15, 0.2) is 24.4 Å². The van der Waals surface area contributed by atoms with Crippen molar-refractivity contribution >= 4 is 16.9 Å². The molecule has 1 heterocycles. The molecule has 0 aliphatic carbocycles. The van der Waals surface area contributed by atoms with Crippen molar-refractivity contribution in [3.8, 4) is 5.75 Å². The molecule has 0 aliphatic heterocycles. The van der Waals surface area contributed by atoms with E-state index in [0.717, 1.165) is 0 Å². The number of esters is 1. The molecule has 0 spiro atoms. The van der Waals surface area contributed by atoms with Gasteiger partial charge in [-0.25, -0.2) is 0 Å². The molecule has 0 saturated heterocycles. The molecule has 1 aromatic carbocycles. The Morgan fingerprint density at radius 1 is 1.50 bits per heavy atom. The molecule has 4 heteroatoms. The summed E-state index contributed by atoms with van der Waals surface area (Å²) in [5.74, 6) is -0.310. The number of likely N-dealkylation sites (N-methyl/N-ethyl adjacent to an activating group) is 1. The van der Waals surface area contributed by atoms with E-state index in [4.69, 9.17) is 10.2 Å². The normalized spacial score (nSPS) is 16.0. The topological polar surface area (TPSA) is 45.3 Å². The molecule has 0 aliphatic rings. The summed E-state index contributed by atoms with van der Waals surface area (Å²) in [4.78, 5) is 15.3. The van der Waals surface area contributed by atoms with E-state index < -0.39 is 18.8 Å². The van der Waals surface area contributed by atoms with Crippen LogP contribution in [0, 0.1) is 0 Å². The second kappa shape index (κ2) is 5.23. The first-order valence-electron chi connectivity index (χ1n) is 7.55. The average molecular weight is 250 g/mol. The summed E-state index contributed by atoms with van der Waals surface area (Å²) in [6, 6.07) is 4.95. The van der Waals surface area contributed by atoms with E-state index in [0.29, 0.717) is 10.9 Å². The van der Waals surface area contributed by atoms with E-state index in [9.17, 15) is 4.79 Å². The number of aromatic nitrogens is 1. The van der Waals surface area contributed by atoms with Gasteiger partial charge in [-0.15, -0.1) is 0 Å². The third kappa shape index (κ3) is 2.71. The zero-order chi connectivity index (χ0) is 16.7. The van der Waals surface area contributed by atoms with Crippen LogP contribution < -0.4 is 4.74 Å². The predicted octanol–water partition coefficient (Wildman–Crippen LogP) is 2.20. The van der Waals surface area contributed by atoms with Gasteiger partial charge in [-0.05, 0) is 38.2 Å². The molecular formula is C14H18N2O2. The zero-order valence-electron chi connectivity index (χ0n) is 14.6. The second-order valence-corrected chi connectivity index (χ2v) is 4.11. The van der Waals surface area contributed by atoms with Gasteiger partial charge in [0.25, 0.3) is 0 Å². The summed E-state index contributed by atoms with van der Waals surface area (Å²) in [5, 5.41) is 0.369. The minimum absolute atomic E-state index is 0.109. The van der Waals surface area contributed by atoms with Crippen LogP contribution in [-0.4, -0.2) is 36.4 Å². The largest absolute Gasteiger partial charge is 0.426 e. The Bertz CT molecular complexity index is 710. The number of ether oxygens (including phenoxy) is 1. The monoisotopic (exact) mass is 250 g/mol. The molecule has 2 rings (SSSR count). The van der Waals surface area contributed by atoms with E-state index in [1.54, 1.807) is 18.2 Å². The summed E-state index contributed by atoms with van der Waals surface area (Å²) in [6.07, 6.45) is -0.899. The van der Waals surface area contributed by atoms with Crippen molar-refractivity contribution in [2.24, 2.45) is 0 Å². The first kappa shape index (κ1) is 8.32. The van der Waals surface area contributed by atoms with Crippen molar-refractivity contribution in [1.29, 1.82) is 0 Å². The van der Waals surface area contributed by atoms with Gasteiger partial charge in [0.05, 0.1) is 0 Å². The molecule has 0 bridgehead atoms. The van der Waals surface area contributed by atoms with Gasteiger partial charge in [0.15, 0.2) is 0 Å². The maximum Gasteiger partial charge on any atom is 0.308 e. The number of fused-ring (bicyclic) bond motifs is 1. The summed E-state index contributed by atoms with van der Waals surface area (Å²) in [6.45, 7) is -0.982. The smallest absolute Gasteiger partial charge is 0.308 e. The average Bonchev–Trinajstić information content (AvgIpc) is 2.83. The van der Waals surface area contributed by atoms with Crippen LogP contribution in [0.1, 0.15) is 18.0 Å². The Morgan fingerprint density at radius 2 is 2.28 bits per heavy atom. The lowest BCUT2D eigenvalue weighted by atomic mass is 10.1. The number of nitrogens with zero attached hydrogens (tertiary/aromatic N) is 1. The number of H-pyrrole nitrogens is 1. The van der Waals surface area contributed by atoms with Gasteiger partial charge in [-0.3, -0.25) is 4.79 Å². The first-order valence-corrected chi connectivity index (χ1v) is 5.55. The van der Waals surface area contributed by atoms with Gasteiger partial charge in [0.2, 0.25) is 0 Å². The molecular weight excluding hydrogens is 228 g/mol. The van der Waals surface area contributed by atoms with E-state index in [1.807, 2.05) is 0 Å². The molecule has 18 heavy (non-hydrogen) atoms. The number of aryl methyl sites for hydroxylation is 1. The molecule has 0 amide bonds. The minimum atomic E-state index is -2.31. The maximum atomic E-state index is 11.2. The lowest BCUT2D eigenvalue weighted by Gasteiger charge is -2.09. The number of rotatable bonds is 4. The van der Waals surface area contributed by atoms with Crippen molar-refractivity contribution < 1.29 is 15.0 Å². The molecule has 4 nitrogen and oxygen atoms in total. The summed E-state index contributed by atoms with van der Waals surface area (Å²) in [7, 11) is 2.94. The molecule has 0 atom stereocenters. The Labute approximate surface area is 112 Å². The molecule has 0 fully saturated rings. The van der Waals surface area contributed by atoms with Crippen molar-refractivity contribution in [3.05, 3.63) is 30.0 Å². The van der Waals surface area contributed by atoms with E-state index in [-0.39, 0.29) is 11.3 Å². The Morgan fingerprint density at radius 3 is 2.94 bits per heavy atom. The van der Waals surface area contributed by atoms with Gasteiger partial charge in [0, 0.05) is 36.0 Å². The predicted molar refractivity (Wildman–Crippen MR) is 71.9 cm³/mol. The fraction of sp³-hybridized carbons (Fsp3) is 0.357. The highest BCUT2D eigenvalue weighted by atomic mass is 16.5. The van der Waals surface area contributed by atoms with Gasteiger partial charge >= 0.3 is 5.97 Å². The van der Waals surface area contributed by atoms with Crippen LogP contribution in [0.5, 0.6) is 5.75 Å². The van der Waals surface area contributed by atoms with Gasteiger partial charge < -0.3 is 14.6 Å². The molecule has 96 valence electrons. The Balaban J connectivity index is 2.68. The highest BCUT2D eigenvalue weighted by Crippen LogP contribution is 2.29. The van der Waals surface area contributed by atoms with E-state index in [2.05, 4.69) is 4.98 Å². The van der Waals surface area contributed by atoms with Crippen LogP contribution in [0.4, 0.5) is 0 Å². The lowest BCUT2D eigenvalue weighted by molar-refractivity contribution is -0.131. The zero-order valence-corrected chi connectivity index (χ0v) is 10.6. The summed E-state index contributed by atoms with van der Waals surface area (Å²) < 4.78 is 37.8. The summed E-state index contributed by atoms with van der Waals surface area (Å²) in [5.41, 5.74) is 0.685. The minimum Gasteiger partial charge on any atom is -0.426 e. The number of carbonyl (C=O) groups excluding carboxylic acids is 1. The lowest BCUT2D eigenvalue weighted by Crippen LogP contribution is -2.15. The first-order chi connectivity index (χ1) is 10.1. The Hall–Kier alpha value is -1.81. The highest BCUT2D eigenvalue weighted by Gasteiger charge is 2.11. The molecule has 0 radical (unpaired) electrons. The van der Waals surface area contributed by atoms with Crippen LogP contribution in [-0.2, 0) is 11.2 Å². The Kier molecular flexibility index (Phi) is 2.42. The molecule has 1 aromatic heterocycles. The number of hydrogen-bond acceptors (Lipinski definition) is 3. The van der Waals surface area contributed by atoms with Crippen molar-refractivity contribution in [2.75, 3.05) is 20.6 Å². The van der Waals surface area contributed by atoms with Gasteiger partial charge in [0.1, 0.15) is 5.75 Å². The van der Waals surface area contributed by atoms with E-state index >= 15 is 0 Å². The van der Waals surface area contributed by atoms with Crippen LogP contribution in [0.3, 0.4) is 0 Å². The van der Waals surface area contributed by atoms with E-state index in [1.165, 1.54) is 32.1 Å². The molecule has 1 N–H and O–H groups in total. The fourth-order valence-corrected chi connectivity index (χ4v) is 1.66. The fourth-order valence-electron chi connectivity index (χ4n) is 1.66. The quantitative estimate of drug-likeness (QED) is 0.668. The SMILES string of the molecule is [2H]C([2H])(c1c[nH]c2cccc(OC(C)=O)c12)C([2H])([2H])N(C)C. The molecule has 0 saturated carbocycles. The van der Waals surface area contributed by atoms with Crippen molar-refractivity contribution in [2.45, 2.75) is 13.3 Å². The standard InChI is InChI=1S/C14H18N2O2/c1-10(17)18-13-6-4-5-12-14(13)11(9-15-12)7-8-16(2)3/h4-6,9,15H,7-8H2,1-3H3/i7D2,8D2. The number of benzene rings is 1. The maximum absolute atomic E-state index is 11.2. The summed E-state index contributed by atoms with van der Waals surface area (Å²) >= 11 is 0. The molecule has 2 aromatic rings. The van der Waals surface area contributed by atoms with Crippen LogP contribution in [0.25, 0.3) is 10.9 Å². The van der Waals surface area contributed by atoms with Gasteiger partial charge in [-0.1, -0.05) is 6.07 Å².